The van der Waals surface area contributed by atoms with Crippen molar-refractivity contribution in [3.05, 3.63) is 102 Å². The maximum Gasteiger partial charge on any atom is 0.210 e. The second-order valence-electron chi connectivity index (χ2n) is 8.75. The van der Waals surface area contributed by atoms with Crippen molar-refractivity contribution in [2.24, 2.45) is 5.10 Å². The predicted octanol–water partition coefficient (Wildman–Crippen LogP) is 6.76. The number of rotatable bonds is 4. The number of ether oxygens (including phenoxy) is 1. The van der Waals surface area contributed by atoms with Crippen LogP contribution in [0.1, 0.15) is 23.6 Å². The molecule has 36 heavy (non-hydrogen) atoms. The van der Waals surface area contributed by atoms with E-state index in [1.54, 1.807) is 7.11 Å². The van der Waals surface area contributed by atoms with Crippen LogP contribution in [0.4, 0.5) is 5.13 Å². The zero-order valence-electron chi connectivity index (χ0n) is 19.5. The standard InChI is InChI=1S/C29H21N5OS/c1-35-20-15-13-19(14-16-20)25-17-26(22-10-6-8-18-7-2-3-9-21(18)22)34(33-25)29-32-27-28(36-29)31-24-12-5-4-11-23(24)30-27/h2-16,26H,17H2,1H3. The van der Waals surface area contributed by atoms with E-state index < -0.39 is 0 Å². The molecular weight excluding hydrogens is 466 g/mol. The molecule has 4 aromatic carbocycles. The van der Waals surface area contributed by atoms with Crippen molar-refractivity contribution in [2.75, 3.05) is 12.1 Å². The molecule has 1 unspecified atom stereocenters. The number of fused-ring (bicyclic) bond motifs is 3. The molecule has 7 heteroatoms. The molecule has 1 aliphatic heterocycles. The first-order valence-corrected chi connectivity index (χ1v) is 12.6. The van der Waals surface area contributed by atoms with Gasteiger partial charge in [-0.15, -0.1) is 0 Å². The predicted molar refractivity (Wildman–Crippen MR) is 146 cm³/mol. The van der Waals surface area contributed by atoms with Crippen LogP contribution in [0.5, 0.6) is 5.75 Å². The van der Waals surface area contributed by atoms with Gasteiger partial charge in [-0.25, -0.2) is 15.0 Å². The monoisotopic (exact) mass is 487 g/mol. The van der Waals surface area contributed by atoms with Crippen LogP contribution in [-0.4, -0.2) is 27.8 Å². The fraction of sp³-hybridized carbons (Fsp3) is 0.103. The van der Waals surface area contributed by atoms with Crippen LogP contribution in [-0.2, 0) is 0 Å². The van der Waals surface area contributed by atoms with Gasteiger partial charge in [0.2, 0.25) is 5.13 Å². The summed E-state index contributed by atoms with van der Waals surface area (Å²) in [5.74, 6) is 0.829. The number of hydrazone groups is 1. The first-order valence-electron chi connectivity index (χ1n) is 11.8. The van der Waals surface area contributed by atoms with Crippen LogP contribution in [0.15, 0.2) is 96.1 Å². The van der Waals surface area contributed by atoms with E-state index in [0.29, 0.717) is 5.65 Å². The SMILES string of the molecule is COc1ccc(C2=NN(c3nc4nc5ccccc5nc4s3)C(c3cccc4ccccc34)C2)cc1. The van der Waals surface area contributed by atoms with E-state index >= 15 is 0 Å². The molecule has 1 atom stereocenters. The number of para-hydroxylation sites is 2. The smallest absolute Gasteiger partial charge is 0.210 e. The zero-order valence-corrected chi connectivity index (χ0v) is 20.3. The van der Waals surface area contributed by atoms with Gasteiger partial charge < -0.3 is 4.74 Å². The summed E-state index contributed by atoms with van der Waals surface area (Å²) in [5.41, 5.74) is 5.68. The average molecular weight is 488 g/mol. The Hall–Kier alpha value is -4.36. The Bertz CT molecular complexity index is 1720. The number of hydrogen-bond acceptors (Lipinski definition) is 7. The molecule has 3 heterocycles. The third-order valence-corrected chi connectivity index (χ3v) is 7.55. The fourth-order valence-electron chi connectivity index (χ4n) is 4.84. The van der Waals surface area contributed by atoms with E-state index in [1.165, 1.54) is 27.7 Å². The minimum absolute atomic E-state index is 0.00294. The molecule has 0 fully saturated rings. The van der Waals surface area contributed by atoms with E-state index in [-0.39, 0.29) is 6.04 Å². The number of anilines is 1. The highest BCUT2D eigenvalue weighted by Gasteiger charge is 2.33. The van der Waals surface area contributed by atoms with Gasteiger partial charge in [-0.1, -0.05) is 65.9 Å². The van der Waals surface area contributed by atoms with Crippen molar-refractivity contribution in [2.45, 2.75) is 12.5 Å². The van der Waals surface area contributed by atoms with Gasteiger partial charge in [-0.2, -0.15) is 10.1 Å². The van der Waals surface area contributed by atoms with Gasteiger partial charge in [-0.05, 0) is 58.3 Å². The van der Waals surface area contributed by atoms with Crippen molar-refractivity contribution in [1.29, 1.82) is 0 Å². The fourth-order valence-corrected chi connectivity index (χ4v) is 5.73. The summed E-state index contributed by atoms with van der Waals surface area (Å²) < 4.78 is 5.35. The molecule has 1 aliphatic rings. The molecule has 0 aliphatic carbocycles. The third kappa shape index (κ3) is 3.48. The number of hydrogen-bond donors (Lipinski definition) is 0. The Morgan fingerprint density at radius 1 is 0.806 bits per heavy atom. The van der Waals surface area contributed by atoms with Crippen LogP contribution in [0.3, 0.4) is 0 Å². The van der Waals surface area contributed by atoms with Crippen LogP contribution in [0.25, 0.3) is 32.3 Å². The molecule has 2 aromatic heterocycles. The minimum Gasteiger partial charge on any atom is -0.497 e. The molecule has 0 saturated carbocycles. The second-order valence-corrected chi connectivity index (χ2v) is 9.70. The first kappa shape index (κ1) is 21.0. The lowest BCUT2D eigenvalue weighted by Gasteiger charge is -2.22. The molecule has 6 nitrogen and oxygen atoms in total. The summed E-state index contributed by atoms with van der Waals surface area (Å²) in [6.45, 7) is 0. The second kappa shape index (κ2) is 8.39. The number of benzene rings is 4. The van der Waals surface area contributed by atoms with Crippen LogP contribution >= 0.6 is 11.3 Å². The topological polar surface area (TPSA) is 63.5 Å². The molecule has 0 bridgehead atoms. The summed E-state index contributed by atoms with van der Waals surface area (Å²) in [4.78, 5) is 15.3. The van der Waals surface area contributed by atoms with Crippen molar-refractivity contribution in [1.82, 2.24) is 15.0 Å². The average Bonchev–Trinajstić information content (AvgIpc) is 3.55. The van der Waals surface area contributed by atoms with E-state index in [0.717, 1.165) is 44.4 Å². The summed E-state index contributed by atoms with van der Waals surface area (Å²) in [6, 6.07) is 31.0. The molecule has 0 N–H and O–H groups in total. The number of thiazole rings is 1. The van der Waals surface area contributed by atoms with Gasteiger partial charge in [0, 0.05) is 6.42 Å². The number of methoxy groups -OCH3 is 1. The molecule has 0 amide bonds. The summed E-state index contributed by atoms with van der Waals surface area (Å²) in [5, 5.41) is 10.4. The van der Waals surface area contributed by atoms with Crippen molar-refractivity contribution in [3.8, 4) is 5.75 Å². The van der Waals surface area contributed by atoms with E-state index in [9.17, 15) is 0 Å². The van der Waals surface area contributed by atoms with Crippen LogP contribution in [0.2, 0.25) is 0 Å². The molecule has 174 valence electrons. The summed E-state index contributed by atoms with van der Waals surface area (Å²) in [7, 11) is 1.68. The highest BCUT2D eigenvalue weighted by molar-refractivity contribution is 7.21. The Morgan fingerprint density at radius 2 is 1.56 bits per heavy atom. The molecule has 0 saturated heterocycles. The van der Waals surface area contributed by atoms with Crippen molar-refractivity contribution in [3.63, 3.8) is 0 Å². The maximum absolute atomic E-state index is 5.35. The van der Waals surface area contributed by atoms with Crippen molar-refractivity contribution < 1.29 is 4.74 Å². The first-order chi connectivity index (χ1) is 17.8. The minimum atomic E-state index is 0.00294. The van der Waals surface area contributed by atoms with Gasteiger partial charge >= 0.3 is 0 Å². The third-order valence-electron chi connectivity index (χ3n) is 6.62. The molecule has 6 aromatic rings. The Morgan fingerprint density at radius 3 is 2.39 bits per heavy atom. The van der Waals surface area contributed by atoms with Crippen LogP contribution in [0, 0.1) is 0 Å². The van der Waals surface area contributed by atoms with Gasteiger partial charge in [0.05, 0.1) is 29.9 Å². The lowest BCUT2D eigenvalue weighted by molar-refractivity contribution is 0.415. The molecule has 7 rings (SSSR count). The quantitative estimate of drug-likeness (QED) is 0.275. The Labute approximate surface area is 211 Å². The van der Waals surface area contributed by atoms with E-state index in [1.807, 2.05) is 36.4 Å². The number of nitrogens with zero attached hydrogens (tertiary/aromatic N) is 5. The Balaban J connectivity index is 1.38. The zero-order chi connectivity index (χ0) is 24.1. The summed E-state index contributed by atoms with van der Waals surface area (Å²) >= 11 is 1.53. The largest absolute Gasteiger partial charge is 0.497 e. The van der Waals surface area contributed by atoms with Crippen molar-refractivity contribution >= 4 is 54.5 Å². The van der Waals surface area contributed by atoms with Gasteiger partial charge in [0.25, 0.3) is 0 Å². The van der Waals surface area contributed by atoms with E-state index in [4.69, 9.17) is 24.8 Å². The molecule has 0 radical (unpaired) electrons. The van der Waals surface area contributed by atoms with Crippen LogP contribution < -0.4 is 9.75 Å². The van der Waals surface area contributed by atoms with Gasteiger partial charge in [0.15, 0.2) is 10.5 Å². The maximum atomic E-state index is 5.35. The molecular formula is C29H21N5OS. The Kier molecular flexibility index (Phi) is 4.89. The van der Waals surface area contributed by atoms with Gasteiger partial charge in [0.1, 0.15) is 5.75 Å². The lowest BCUT2D eigenvalue weighted by atomic mass is 9.94. The van der Waals surface area contributed by atoms with E-state index in [2.05, 4.69) is 59.6 Å². The molecule has 0 spiro atoms. The lowest BCUT2D eigenvalue weighted by Crippen LogP contribution is -2.18. The highest BCUT2D eigenvalue weighted by Crippen LogP contribution is 2.41. The number of aromatic nitrogens is 3. The van der Waals surface area contributed by atoms with Gasteiger partial charge in [-0.3, -0.25) is 0 Å². The summed E-state index contributed by atoms with van der Waals surface area (Å²) in [6.07, 6.45) is 0.763. The highest BCUT2D eigenvalue weighted by atomic mass is 32.1. The normalized spacial score (nSPS) is 15.6.